The van der Waals surface area contributed by atoms with Crippen molar-refractivity contribution in [3.8, 4) is 0 Å². The maximum atomic E-state index is 5.84. The molecular formula is C11H19N3O. The highest BCUT2D eigenvalue weighted by atomic mass is 16.5. The molecule has 3 atom stereocenters. The van der Waals surface area contributed by atoms with E-state index >= 15 is 0 Å². The minimum atomic E-state index is -0.106. The van der Waals surface area contributed by atoms with Gasteiger partial charge in [-0.15, -0.1) is 0 Å². The molecule has 2 N–H and O–H groups in total. The summed E-state index contributed by atoms with van der Waals surface area (Å²) in [7, 11) is 0. The third kappa shape index (κ3) is 2.20. The van der Waals surface area contributed by atoms with E-state index < -0.39 is 0 Å². The van der Waals surface area contributed by atoms with Gasteiger partial charge in [0.05, 0.1) is 6.04 Å². The van der Waals surface area contributed by atoms with E-state index in [-0.39, 0.29) is 6.04 Å². The molecule has 1 aromatic heterocycles. The van der Waals surface area contributed by atoms with Crippen LogP contribution in [0.25, 0.3) is 0 Å². The lowest BCUT2D eigenvalue weighted by molar-refractivity contribution is 0.345. The predicted molar refractivity (Wildman–Crippen MR) is 57.3 cm³/mol. The van der Waals surface area contributed by atoms with Crippen molar-refractivity contribution in [2.24, 2.45) is 11.7 Å². The third-order valence-electron chi connectivity index (χ3n) is 3.27. The van der Waals surface area contributed by atoms with Crippen LogP contribution in [0.2, 0.25) is 0 Å². The molecule has 0 saturated heterocycles. The Labute approximate surface area is 90.2 Å². The molecule has 0 radical (unpaired) electrons. The molecule has 2 unspecified atom stereocenters. The van der Waals surface area contributed by atoms with E-state index in [1.165, 1.54) is 19.3 Å². The molecule has 1 fully saturated rings. The molecule has 1 aliphatic carbocycles. The van der Waals surface area contributed by atoms with Crippen molar-refractivity contribution in [2.75, 3.05) is 0 Å². The molecule has 0 aromatic carbocycles. The molecule has 0 amide bonds. The molecule has 0 aliphatic heterocycles. The molecule has 4 nitrogen and oxygen atoms in total. The van der Waals surface area contributed by atoms with Gasteiger partial charge in [0.15, 0.2) is 5.82 Å². The van der Waals surface area contributed by atoms with Crippen molar-refractivity contribution in [3.63, 3.8) is 0 Å². The van der Waals surface area contributed by atoms with Gasteiger partial charge in [0.25, 0.3) is 0 Å². The standard InChI is InChI=1S/C11H19N3O/c1-3-9(12)11-13-10(14-15-11)8-5-4-7(2)6-8/h7-9H,3-6,12H2,1-2H3/t7?,8?,9-/m1/s1. The van der Waals surface area contributed by atoms with Gasteiger partial charge in [-0.2, -0.15) is 4.98 Å². The molecule has 1 heterocycles. The second kappa shape index (κ2) is 4.31. The van der Waals surface area contributed by atoms with Crippen molar-refractivity contribution in [2.45, 2.75) is 51.5 Å². The van der Waals surface area contributed by atoms with E-state index in [4.69, 9.17) is 10.3 Å². The second-order valence-corrected chi connectivity index (χ2v) is 4.62. The minimum Gasteiger partial charge on any atom is -0.338 e. The van der Waals surface area contributed by atoms with Crippen LogP contribution in [0.15, 0.2) is 4.52 Å². The van der Waals surface area contributed by atoms with Gasteiger partial charge in [0.2, 0.25) is 5.89 Å². The fourth-order valence-electron chi connectivity index (χ4n) is 2.18. The normalized spacial score (nSPS) is 28.2. The molecule has 1 saturated carbocycles. The van der Waals surface area contributed by atoms with Crippen molar-refractivity contribution in [3.05, 3.63) is 11.7 Å². The third-order valence-corrected chi connectivity index (χ3v) is 3.27. The Morgan fingerprint density at radius 1 is 1.53 bits per heavy atom. The van der Waals surface area contributed by atoms with Gasteiger partial charge in [0, 0.05) is 5.92 Å². The van der Waals surface area contributed by atoms with E-state index in [0.717, 1.165) is 18.2 Å². The molecule has 1 aliphatic rings. The monoisotopic (exact) mass is 209 g/mol. The topological polar surface area (TPSA) is 64.9 Å². The summed E-state index contributed by atoms with van der Waals surface area (Å²) in [6, 6.07) is -0.106. The number of rotatable bonds is 3. The highest BCUT2D eigenvalue weighted by Crippen LogP contribution is 2.36. The van der Waals surface area contributed by atoms with Gasteiger partial charge in [0.1, 0.15) is 0 Å². The van der Waals surface area contributed by atoms with E-state index in [9.17, 15) is 0 Å². The van der Waals surface area contributed by atoms with E-state index in [2.05, 4.69) is 17.1 Å². The highest BCUT2D eigenvalue weighted by molar-refractivity contribution is 5.00. The number of aromatic nitrogens is 2. The lowest BCUT2D eigenvalue weighted by Crippen LogP contribution is -2.09. The van der Waals surface area contributed by atoms with Crippen LogP contribution in [-0.2, 0) is 0 Å². The van der Waals surface area contributed by atoms with Crippen LogP contribution in [0.1, 0.15) is 63.2 Å². The van der Waals surface area contributed by atoms with Gasteiger partial charge in [-0.25, -0.2) is 0 Å². The van der Waals surface area contributed by atoms with Crippen molar-refractivity contribution in [1.82, 2.24) is 10.1 Å². The lowest BCUT2D eigenvalue weighted by Gasteiger charge is -2.02. The summed E-state index contributed by atoms with van der Waals surface area (Å²) in [6.07, 6.45) is 4.47. The van der Waals surface area contributed by atoms with Gasteiger partial charge in [-0.05, 0) is 31.6 Å². The Kier molecular flexibility index (Phi) is 3.05. The van der Waals surface area contributed by atoms with Crippen LogP contribution in [-0.4, -0.2) is 10.1 Å². The zero-order chi connectivity index (χ0) is 10.8. The first-order valence-corrected chi connectivity index (χ1v) is 5.79. The number of nitrogens with zero attached hydrogens (tertiary/aromatic N) is 2. The van der Waals surface area contributed by atoms with E-state index in [0.29, 0.717) is 11.8 Å². The zero-order valence-electron chi connectivity index (χ0n) is 9.44. The maximum Gasteiger partial charge on any atom is 0.243 e. The molecule has 0 spiro atoms. The van der Waals surface area contributed by atoms with Crippen molar-refractivity contribution in [1.29, 1.82) is 0 Å². The molecule has 1 aromatic rings. The van der Waals surface area contributed by atoms with Gasteiger partial charge < -0.3 is 10.3 Å². The Morgan fingerprint density at radius 3 is 2.93 bits per heavy atom. The summed E-state index contributed by atoms with van der Waals surface area (Å²) in [5.74, 6) is 2.73. The van der Waals surface area contributed by atoms with Crippen LogP contribution < -0.4 is 5.73 Å². The number of hydrogen-bond acceptors (Lipinski definition) is 4. The zero-order valence-corrected chi connectivity index (χ0v) is 9.44. The molecule has 84 valence electrons. The fraction of sp³-hybridized carbons (Fsp3) is 0.818. The Morgan fingerprint density at radius 2 is 2.33 bits per heavy atom. The predicted octanol–water partition coefficient (Wildman–Crippen LogP) is 2.38. The number of hydrogen-bond donors (Lipinski definition) is 1. The molecule has 2 rings (SSSR count). The van der Waals surface area contributed by atoms with Crippen molar-refractivity contribution >= 4 is 0 Å². The first-order chi connectivity index (χ1) is 7.20. The molecule has 4 heteroatoms. The average Bonchev–Trinajstić information content (AvgIpc) is 2.84. The van der Waals surface area contributed by atoms with Crippen LogP contribution in [0.4, 0.5) is 0 Å². The first-order valence-electron chi connectivity index (χ1n) is 5.79. The Hall–Kier alpha value is -0.900. The Bertz CT molecular complexity index is 323. The summed E-state index contributed by atoms with van der Waals surface area (Å²) < 4.78 is 5.18. The summed E-state index contributed by atoms with van der Waals surface area (Å²) in [6.45, 7) is 4.30. The van der Waals surface area contributed by atoms with Crippen LogP contribution in [0.3, 0.4) is 0 Å². The summed E-state index contributed by atoms with van der Waals surface area (Å²) in [4.78, 5) is 4.39. The number of nitrogens with two attached hydrogens (primary N) is 1. The second-order valence-electron chi connectivity index (χ2n) is 4.62. The summed E-state index contributed by atoms with van der Waals surface area (Å²) in [5.41, 5.74) is 5.84. The maximum absolute atomic E-state index is 5.84. The molecule has 15 heavy (non-hydrogen) atoms. The fourth-order valence-corrected chi connectivity index (χ4v) is 2.18. The quantitative estimate of drug-likeness (QED) is 0.830. The van der Waals surface area contributed by atoms with Crippen LogP contribution in [0, 0.1) is 5.92 Å². The van der Waals surface area contributed by atoms with Crippen molar-refractivity contribution < 1.29 is 4.52 Å². The Balaban J connectivity index is 2.07. The lowest BCUT2D eigenvalue weighted by atomic mass is 10.1. The van der Waals surface area contributed by atoms with E-state index in [1.54, 1.807) is 0 Å². The van der Waals surface area contributed by atoms with E-state index in [1.807, 2.05) is 6.92 Å². The van der Waals surface area contributed by atoms with Gasteiger partial charge in [-0.3, -0.25) is 0 Å². The largest absolute Gasteiger partial charge is 0.338 e. The summed E-state index contributed by atoms with van der Waals surface area (Å²) in [5, 5.41) is 4.04. The average molecular weight is 209 g/mol. The highest BCUT2D eigenvalue weighted by Gasteiger charge is 2.27. The first kappa shape index (κ1) is 10.6. The minimum absolute atomic E-state index is 0.106. The van der Waals surface area contributed by atoms with Crippen LogP contribution in [0.5, 0.6) is 0 Å². The van der Waals surface area contributed by atoms with Gasteiger partial charge in [-0.1, -0.05) is 19.0 Å². The smallest absolute Gasteiger partial charge is 0.243 e. The summed E-state index contributed by atoms with van der Waals surface area (Å²) >= 11 is 0. The SMILES string of the molecule is CC[C@@H](N)c1nc(C2CCC(C)C2)no1. The molecular weight excluding hydrogens is 190 g/mol. The van der Waals surface area contributed by atoms with Gasteiger partial charge >= 0.3 is 0 Å². The van der Waals surface area contributed by atoms with Crippen LogP contribution >= 0.6 is 0 Å². The molecule has 0 bridgehead atoms.